The second-order valence-corrected chi connectivity index (χ2v) is 4.47. The molecule has 1 aromatic heterocycles. The van der Waals surface area contributed by atoms with E-state index in [1.54, 1.807) is 24.3 Å². The molecule has 0 saturated heterocycles. The van der Waals surface area contributed by atoms with Crippen molar-refractivity contribution in [3.8, 4) is 17.1 Å². The molecule has 0 spiro atoms. The number of non-ortho nitro benzene ring substituents is 1. The smallest absolute Gasteiger partial charge is 0.269 e. The number of nitrogens with one attached hydrogen (secondary N) is 1. The van der Waals surface area contributed by atoms with Crippen molar-refractivity contribution < 1.29 is 9.66 Å². The first-order valence-electron chi connectivity index (χ1n) is 6.42. The van der Waals surface area contributed by atoms with E-state index in [-0.39, 0.29) is 5.69 Å². The topological polar surface area (TPSA) is 107 Å². The summed E-state index contributed by atoms with van der Waals surface area (Å²) in [6.07, 6.45) is 0. The van der Waals surface area contributed by atoms with Crippen LogP contribution in [-0.2, 0) is 6.61 Å². The summed E-state index contributed by atoms with van der Waals surface area (Å²) >= 11 is 0. The van der Waals surface area contributed by atoms with E-state index in [1.807, 2.05) is 12.1 Å². The summed E-state index contributed by atoms with van der Waals surface area (Å²) in [6.45, 7) is 0.333. The number of rotatable bonds is 5. The molecule has 0 fully saturated rings. The summed E-state index contributed by atoms with van der Waals surface area (Å²) in [4.78, 5) is 10.1. The van der Waals surface area contributed by atoms with Gasteiger partial charge in [-0.25, -0.2) is 0 Å². The molecule has 0 amide bonds. The van der Waals surface area contributed by atoms with E-state index < -0.39 is 4.92 Å². The van der Waals surface area contributed by atoms with Gasteiger partial charge in [0.05, 0.1) is 4.92 Å². The molecule has 0 aliphatic carbocycles. The zero-order valence-electron chi connectivity index (χ0n) is 11.3. The second-order valence-electron chi connectivity index (χ2n) is 4.47. The van der Waals surface area contributed by atoms with Gasteiger partial charge in [0, 0.05) is 17.7 Å². The highest BCUT2D eigenvalue weighted by Crippen LogP contribution is 2.20. The van der Waals surface area contributed by atoms with Crippen molar-refractivity contribution in [2.75, 3.05) is 0 Å². The summed E-state index contributed by atoms with van der Waals surface area (Å²) in [5.74, 6) is 1.20. The molecule has 0 bridgehead atoms. The largest absolute Gasteiger partial charge is 0.489 e. The van der Waals surface area contributed by atoms with Crippen LogP contribution >= 0.6 is 0 Å². The molecule has 1 N–H and O–H groups in total. The van der Waals surface area contributed by atoms with Crippen LogP contribution in [0.2, 0.25) is 0 Å². The molecule has 0 radical (unpaired) electrons. The van der Waals surface area contributed by atoms with Crippen LogP contribution in [0, 0.1) is 10.1 Å². The summed E-state index contributed by atoms with van der Waals surface area (Å²) in [6, 6.07) is 13.5. The predicted octanol–water partition coefficient (Wildman–Crippen LogP) is 2.35. The Bertz CT molecular complexity index is 754. The number of ether oxygens (including phenoxy) is 1. The molecule has 3 aromatic rings. The fourth-order valence-electron chi connectivity index (χ4n) is 1.86. The van der Waals surface area contributed by atoms with Crippen molar-refractivity contribution in [3.63, 3.8) is 0 Å². The molecule has 8 heteroatoms. The first kappa shape index (κ1) is 13.7. The van der Waals surface area contributed by atoms with Gasteiger partial charge in [-0.1, -0.05) is 0 Å². The van der Waals surface area contributed by atoms with E-state index in [0.29, 0.717) is 18.2 Å². The predicted molar refractivity (Wildman–Crippen MR) is 77.0 cm³/mol. The number of benzene rings is 2. The molecular formula is C14H11N5O3. The fourth-order valence-corrected chi connectivity index (χ4v) is 1.86. The van der Waals surface area contributed by atoms with Crippen molar-refractivity contribution in [1.82, 2.24) is 20.6 Å². The van der Waals surface area contributed by atoms with E-state index in [1.165, 1.54) is 12.1 Å². The first-order valence-corrected chi connectivity index (χ1v) is 6.42. The monoisotopic (exact) mass is 297 g/mol. The van der Waals surface area contributed by atoms with Crippen LogP contribution in [-0.4, -0.2) is 25.5 Å². The highest BCUT2D eigenvalue weighted by molar-refractivity contribution is 5.55. The van der Waals surface area contributed by atoms with E-state index in [0.717, 1.165) is 11.1 Å². The molecule has 2 aromatic carbocycles. The number of hydrogen-bond donors (Lipinski definition) is 1. The number of nitro groups is 1. The molecule has 110 valence electrons. The number of nitrogens with zero attached hydrogens (tertiary/aromatic N) is 4. The normalized spacial score (nSPS) is 10.4. The van der Waals surface area contributed by atoms with E-state index in [2.05, 4.69) is 20.6 Å². The van der Waals surface area contributed by atoms with Crippen LogP contribution in [0.5, 0.6) is 5.75 Å². The molecular weight excluding hydrogens is 286 g/mol. The van der Waals surface area contributed by atoms with Gasteiger partial charge in [-0.05, 0) is 47.2 Å². The fraction of sp³-hybridized carbons (Fsp3) is 0.0714. The number of H-pyrrole nitrogens is 1. The van der Waals surface area contributed by atoms with Gasteiger partial charge in [0.2, 0.25) is 5.82 Å². The molecule has 0 unspecified atom stereocenters. The number of aromatic nitrogens is 4. The van der Waals surface area contributed by atoms with E-state index >= 15 is 0 Å². The van der Waals surface area contributed by atoms with E-state index in [9.17, 15) is 10.1 Å². The Hall–Kier alpha value is -3.29. The highest BCUT2D eigenvalue weighted by Gasteiger charge is 2.05. The lowest BCUT2D eigenvalue weighted by atomic mass is 10.2. The number of nitro benzene ring substituents is 1. The molecule has 8 nitrogen and oxygen atoms in total. The lowest BCUT2D eigenvalue weighted by molar-refractivity contribution is -0.384. The molecule has 0 aliphatic rings. The summed E-state index contributed by atoms with van der Waals surface area (Å²) in [5.41, 5.74) is 1.75. The third-order valence-electron chi connectivity index (χ3n) is 3.01. The Labute approximate surface area is 124 Å². The molecule has 3 rings (SSSR count). The molecule has 0 aliphatic heterocycles. The van der Waals surface area contributed by atoms with E-state index in [4.69, 9.17) is 4.74 Å². The van der Waals surface area contributed by atoms with Crippen molar-refractivity contribution >= 4 is 5.69 Å². The zero-order chi connectivity index (χ0) is 15.4. The second kappa shape index (κ2) is 6.00. The van der Waals surface area contributed by atoms with Crippen LogP contribution in [0.25, 0.3) is 11.4 Å². The van der Waals surface area contributed by atoms with Gasteiger partial charge in [0.25, 0.3) is 5.69 Å². The Kier molecular flexibility index (Phi) is 3.73. The lowest BCUT2D eigenvalue weighted by Gasteiger charge is -2.06. The molecule has 0 atom stereocenters. The van der Waals surface area contributed by atoms with Crippen molar-refractivity contribution in [2.45, 2.75) is 6.61 Å². The van der Waals surface area contributed by atoms with Gasteiger partial charge >= 0.3 is 0 Å². The number of aromatic amines is 1. The van der Waals surface area contributed by atoms with Gasteiger partial charge in [0.1, 0.15) is 12.4 Å². The van der Waals surface area contributed by atoms with Gasteiger partial charge in [-0.3, -0.25) is 10.1 Å². The average Bonchev–Trinajstić information content (AvgIpc) is 3.08. The number of tetrazole rings is 1. The minimum absolute atomic E-state index is 0.0632. The van der Waals surface area contributed by atoms with Crippen LogP contribution in [0.1, 0.15) is 5.56 Å². The Morgan fingerprint density at radius 3 is 2.41 bits per heavy atom. The standard InChI is InChI=1S/C14H11N5O3/c20-19(21)12-5-1-10(2-6-12)9-22-13-7-3-11(4-8-13)14-15-17-18-16-14/h1-8H,9H2,(H,15,16,17,18). The third kappa shape index (κ3) is 3.06. The first-order chi connectivity index (χ1) is 10.7. The summed E-state index contributed by atoms with van der Waals surface area (Å²) < 4.78 is 5.63. The van der Waals surface area contributed by atoms with Crippen molar-refractivity contribution in [2.24, 2.45) is 0 Å². The summed E-state index contributed by atoms with van der Waals surface area (Å²) in [7, 11) is 0. The Morgan fingerprint density at radius 2 is 1.82 bits per heavy atom. The summed E-state index contributed by atoms with van der Waals surface area (Å²) in [5, 5.41) is 24.2. The van der Waals surface area contributed by atoms with Crippen LogP contribution in [0.15, 0.2) is 48.5 Å². The Morgan fingerprint density at radius 1 is 1.09 bits per heavy atom. The minimum Gasteiger partial charge on any atom is -0.489 e. The average molecular weight is 297 g/mol. The maximum Gasteiger partial charge on any atom is 0.269 e. The highest BCUT2D eigenvalue weighted by atomic mass is 16.6. The van der Waals surface area contributed by atoms with Gasteiger partial charge < -0.3 is 4.74 Å². The van der Waals surface area contributed by atoms with Crippen molar-refractivity contribution in [3.05, 3.63) is 64.2 Å². The van der Waals surface area contributed by atoms with Gasteiger partial charge in [-0.15, -0.1) is 10.2 Å². The zero-order valence-corrected chi connectivity index (χ0v) is 11.3. The molecule has 22 heavy (non-hydrogen) atoms. The minimum atomic E-state index is -0.429. The maximum absolute atomic E-state index is 10.6. The third-order valence-corrected chi connectivity index (χ3v) is 3.01. The maximum atomic E-state index is 10.6. The SMILES string of the molecule is O=[N+]([O-])c1ccc(COc2ccc(-c3nn[nH]n3)cc2)cc1. The van der Waals surface area contributed by atoms with Crippen LogP contribution < -0.4 is 4.74 Å². The molecule has 0 saturated carbocycles. The number of hydrogen-bond acceptors (Lipinski definition) is 6. The van der Waals surface area contributed by atoms with Crippen LogP contribution in [0.3, 0.4) is 0 Å². The quantitative estimate of drug-likeness (QED) is 0.572. The van der Waals surface area contributed by atoms with Gasteiger partial charge in [0.15, 0.2) is 0 Å². The Balaban J connectivity index is 1.63. The lowest BCUT2D eigenvalue weighted by Crippen LogP contribution is -1.96. The van der Waals surface area contributed by atoms with Crippen molar-refractivity contribution in [1.29, 1.82) is 0 Å². The van der Waals surface area contributed by atoms with Gasteiger partial charge in [-0.2, -0.15) is 5.21 Å². The van der Waals surface area contributed by atoms with Crippen LogP contribution in [0.4, 0.5) is 5.69 Å². The molecule has 1 heterocycles.